The van der Waals surface area contributed by atoms with Gasteiger partial charge in [0.2, 0.25) is 0 Å². The lowest BCUT2D eigenvalue weighted by Crippen LogP contribution is -2.23. The van der Waals surface area contributed by atoms with Gasteiger partial charge in [0.05, 0.1) is 5.57 Å². The van der Waals surface area contributed by atoms with Crippen molar-refractivity contribution in [3.05, 3.63) is 102 Å². The second kappa shape index (κ2) is 10.2. The van der Waals surface area contributed by atoms with Crippen LogP contribution in [0, 0.1) is 5.92 Å². The van der Waals surface area contributed by atoms with E-state index in [-0.39, 0.29) is 17.3 Å². The van der Waals surface area contributed by atoms with Gasteiger partial charge < -0.3 is 10.1 Å². The van der Waals surface area contributed by atoms with Crippen molar-refractivity contribution in [2.75, 3.05) is 5.32 Å². The SMILES string of the molecule is CC(C)C(=O)/C(=C\c1ccc(OCc2ccccc2)cc1)C(=O)Nc1ccccc1. The van der Waals surface area contributed by atoms with Crippen molar-refractivity contribution in [3.8, 4) is 5.75 Å². The summed E-state index contributed by atoms with van der Waals surface area (Å²) in [5.74, 6) is -0.176. The maximum atomic E-state index is 12.8. The van der Waals surface area contributed by atoms with Crippen molar-refractivity contribution in [1.82, 2.24) is 0 Å². The van der Waals surface area contributed by atoms with Crippen LogP contribution in [0.15, 0.2) is 90.5 Å². The van der Waals surface area contributed by atoms with Crippen LogP contribution in [-0.2, 0) is 16.2 Å². The highest BCUT2D eigenvalue weighted by atomic mass is 16.5. The van der Waals surface area contributed by atoms with E-state index in [1.807, 2.05) is 72.8 Å². The van der Waals surface area contributed by atoms with Gasteiger partial charge in [-0.25, -0.2) is 0 Å². The van der Waals surface area contributed by atoms with Gasteiger partial charge in [-0.2, -0.15) is 0 Å². The van der Waals surface area contributed by atoms with Crippen LogP contribution in [0.3, 0.4) is 0 Å². The number of ketones is 1. The van der Waals surface area contributed by atoms with Gasteiger partial charge in [0.15, 0.2) is 5.78 Å². The molecule has 0 heterocycles. The molecule has 3 aromatic rings. The molecular weight excluding hydrogens is 374 g/mol. The average Bonchev–Trinajstić information content (AvgIpc) is 2.77. The molecule has 0 bridgehead atoms. The molecule has 1 amide bonds. The number of amides is 1. The highest BCUT2D eigenvalue weighted by Gasteiger charge is 2.21. The maximum Gasteiger partial charge on any atom is 0.259 e. The molecule has 0 fully saturated rings. The first kappa shape index (κ1) is 21.1. The van der Waals surface area contributed by atoms with E-state index in [1.165, 1.54) is 0 Å². The molecule has 30 heavy (non-hydrogen) atoms. The summed E-state index contributed by atoms with van der Waals surface area (Å²) in [7, 11) is 0. The lowest BCUT2D eigenvalue weighted by molar-refractivity contribution is -0.121. The third kappa shape index (κ3) is 5.92. The second-order valence-electron chi connectivity index (χ2n) is 7.24. The van der Waals surface area contributed by atoms with E-state index < -0.39 is 5.91 Å². The zero-order chi connectivity index (χ0) is 21.3. The van der Waals surface area contributed by atoms with Gasteiger partial charge in [-0.05, 0) is 41.5 Å². The number of ether oxygens (including phenoxy) is 1. The molecule has 3 rings (SSSR count). The average molecular weight is 399 g/mol. The topological polar surface area (TPSA) is 55.4 Å². The molecule has 0 spiro atoms. The molecule has 3 aromatic carbocycles. The standard InChI is InChI=1S/C26H25NO3/c1-19(2)25(28)24(26(29)27-22-11-7-4-8-12-22)17-20-13-15-23(16-14-20)30-18-21-9-5-3-6-10-21/h3-17,19H,18H2,1-2H3,(H,27,29)/b24-17+. The van der Waals surface area contributed by atoms with Crippen molar-refractivity contribution in [3.63, 3.8) is 0 Å². The molecule has 0 saturated heterocycles. The number of hydrogen-bond donors (Lipinski definition) is 1. The molecule has 4 heteroatoms. The Balaban J connectivity index is 1.75. The number of carbonyl (C=O) groups is 2. The van der Waals surface area contributed by atoms with Crippen molar-refractivity contribution < 1.29 is 14.3 Å². The van der Waals surface area contributed by atoms with Gasteiger partial charge >= 0.3 is 0 Å². The monoisotopic (exact) mass is 399 g/mol. The van der Waals surface area contributed by atoms with Gasteiger partial charge in [-0.3, -0.25) is 9.59 Å². The summed E-state index contributed by atoms with van der Waals surface area (Å²) in [5.41, 5.74) is 2.62. The summed E-state index contributed by atoms with van der Waals surface area (Å²) in [5, 5.41) is 2.80. The minimum atomic E-state index is -0.413. The predicted molar refractivity (Wildman–Crippen MR) is 120 cm³/mol. The number of rotatable bonds is 8. The number of benzene rings is 3. The number of anilines is 1. The first-order chi connectivity index (χ1) is 14.5. The molecule has 0 unspecified atom stereocenters. The van der Waals surface area contributed by atoms with E-state index in [9.17, 15) is 9.59 Å². The minimum Gasteiger partial charge on any atom is -0.489 e. The van der Waals surface area contributed by atoms with E-state index in [0.29, 0.717) is 12.3 Å². The normalized spacial score (nSPS) is 11.2. The largest absolute Gasteiger partial charge is 0.489 e. The van der Waals surface area contributed by atoms with Crippen molar-refractivity contribution >= 4 is 23.5 Å². The van der Waals surface area contributed by atoms with Crippen LogP contribution in [0.5, 0.6) is 5.75 Å². The van der Waals surface area contributed by atoms with Gasteiger partial charge in [-0.15, -0.1) is 0 Å². The number of para-hydroxylation sites is 1. The summed E-state index contributed by atoms with van der Waals surface area (Å²) < 4.78 is 5.80. The molecule has 0 aromatic heterocycles. The smallest absolute Gasteiger partial charge is 0.259 e. The molecule has 4 nitrogen and oxygen atoms in total. The Morgan fingerprint density at radius 1 is 0.867 bits per heavy atom. The Labute approximate surface area is 177 Å². The first-order valence-electron chi connectivity index (χ1n) is 9.92. The van der Waals surface area contributed by atoms with Gasteiger partial charge in [-0.1, -0.05) is 74.5 Å². The summed E-state index contributed by atoms with van der Waals surface area (Å²) in [6.07, 6.45) is 1.63. The van der Waals surface area contributed by atoms with Crippen LogP contribution in [-0.4, -0.2) is 11.7 Å². The number of hydrogen-bond acceptors (Lipinski definition) is 3. The summed E-state index contributed by atoms with van der Waals surface area (Å²) in [6.45, 7) is 4.05. The fraction of sp³-hybridized carbons (Fsp3) is 0.154. The van der Waals surface area contributed by atoms with Gasteiger partial charge in [0.1, 0.15) is 12.4 Å². The van der Waals surface area contributed by atoms with Crippen molar-refractivity contribution in [1.29, 1.82) is 0 Å². The number of Topliss-reactive ketones (excluding diaryl/α,β-unsaturated/α-hetero) is 1. The highest BCUT2D eigenvalue weighted by molar-refractivity contribution is 6.26. The van der Waals surface area contributed by atoms with Crippen LogP contribution < -0.4 is 10.1 Å². The zero-order valence-corrected chi connectivity index (χ0v) is 17.2. The molecule has 0 atom stereocenters. The molecule has 152 valence electrons. The van der Waals surface area contributed by atoms with E-state index in [4.69, 9.17) is 4.74 Å². The molecule has 0 aliphatic rings. The lowest BCUT2D eigenvalue weighted by Gasteiger charge is -2.11. The Morgan fingerprint density at radius 3 is 2.07 bits per heavy atom. The Hall–Kier alpha value is -3.66. The number of nitrogens with one attached hydrogen (secondary N) is 1. The molecule has 0 aliphatic heterocycles. The Bertz CT molecular complexity index is 1010. The molecule has 1 N–H and O–H groups in total. The van der Waals surface area contributed by atoms with Crippen LogP contribution in [0.4, 0.5) is 5.69 Å². The Morgan fingerprint density at radius 2 is 1.47 bits per heavy atom. The second-order valence-corrected chi connectivity index (χ2v) is 7.24. The van der Waals surface area contributed by atoms with Crippen molar-refractivity contribution in [2.24, 2.45) is 5.92 Å². The summed E-state index contributed by atoms with van der Waals surface area (Å²) >= 11 is 0. The van der Waals surface area contributed by atoms with E-state index in [2.05, 4.69) is 5.32 Å². The maximum absolute atomic E-state index is 12.8. The molecule has 0 saturated carbocycles. The fourth-order valence-corrected chi connectivity index (χ4v) is 2.85. The molecule has 0 radical (unpaired) electrons. The fourth-order valence-electron chi connectivity index (χ4n) is 2.85. The number of carbonyl (C=O) groups excluding carboxylic acids is 2. The molecular formula is C26H25NO3. The van der Waals surface area contributed by atoms with Crippen LogP contribution >= 0.6 is 0 Å². The van der Waals surface area contributed by atoms with E-state index in [0.717, 1.165) is 16.9 Å². The predicted octanol–water partition coefficient (Wildman–Crippen LogP) is 5.51. The third-order valence-corrected chi connectivity index (χ3v) is 4.51. The van der Waals surface area contributed by atoms with Crippen LogP contribution in [0.2, 0.25) is 0 Å². The lowest BCUT2D eigenvalue weighted by atomic mass is 9.98. The van der Waals surface area contributed by atoms with Crippen LogP contribution in [0.25, 0.3) is 6.08 Å². The third-order valence-electron chi connectivity index (χ3n) is 4.51. The summed E-state index contributed by atoms with van der Waals surface area (Å²) in [4.78, 5) is 25.4. The Kier molecular flexibility index (Phi) is 7.17. The van der Waals surface area contributed by atoms with E-state index >= 15 is 0 Å². The summed E-state index contributed by atoms with van der Waals surface area (Å²) in [6, 6.07) is 26.4. The zero-order valence-electron chi connectivity index (χ0n) is 17.2. The highest BCUT2D eigenvalue weighted by Crippen LogP contribution is 2.19. The van der Waals surface area contributed by atoms with Crippen LogP contribution in [0.1, 0.15) is 25.0 Å². The van der Waals surface area contributed by atoms with Crippen molar-refractivity contribution in [2.45, 2.75) is 20.5 Å². The molecule has 0 aliphatic carbocycles. The first-order valence-corrected chi connectivity index (χ1v) is 9.92. The van der Waals surface area contributed by atoms with Gasteiger partial charge in [0, 0.05) is 11.6 Å². The van der Waals surface area contributed by atoms with Gasteiger partial charge in [0.25, 0.3) is 5.91 Å². The minimum absolute atomic E-state index is 0.131. The quantitative estimate of drug-likeness (QED) is 0.309. The van der Waals surface area contributed by atoms with E-state index in [1.54, 1.807) is 32.1 Å².